The molecule has 0 aliphatic carbocycles. The fourth-order valence-electron chi connectivity index (χ4n) is 3.26. The molecule has 3 aromatic rings. The highest BCUT2D eigenvalue weighted by molar-refractivity contribution is 6.37. The fourth-order valence-corrected chi connectivity index (χ4v) is 3.26. The number of amides is 1. The van der Waals surface area contributed by atoms with Gasteiger partial charge in [-0.15, -0.1) is 0 Å². The van der Waals surface area contributed by atoms with Gasteiger partial charge in [-0.05, 0) is 35.9 Å². The van der Waals surface area contributed by atoms with Crippen molar-refractivity contribution in [3.8, 4) is 0 Å². The average Bonchev–Trinajstić information content (AvgIpc) is 3.07. The molecular formula is C23H19N3O2. The molecule has 1 aliphatic heterocycles. The second kappa shape index (κ2) is 7.40. The Hall–Kier alpha value is -3.86. The van der Waals surface area contributed by atoms with Gasteiger partial charge in [0.2, 0.25) is 0 Å². The molecule has 1 aliphatic rings. The molecule has 0 saturated heterocycles. The number of rotatable bonds is 5. The van der Waals surface area contributed by atoms with Crippen LogP contribution < -0.4 is 16.0 Å². The molecule has 3 N–H and O–H groups in total. The van der Waals surface area contributed by atoms with Crippen LogP contribution in [0.5, 0.6) is 0 Å². The van der Waals surface area contributed by atoms with Crippen LogP contribution in [-0.2, 0) is 4.79 Å². The Morgan fingerprint density at radius 3 is 2.32 bits per heavy atom. The van der Waals surface area contributed by atoms with E-state index in [1.807, 2.05) is 61.6 Å². The number of anilines is 3. The van der Waals surface area contributed by atoms with Gasteiger partial charge < -0.3 is 16.0 Å². The summed E-state index contributed by atoms with van der Waals surface area (Å²) < 4.78 is 0. The zero-order chi connectivity index (χ0) is 19.5. The number of carbonyl (C=O) groups excluding carboxylic acids is 2. The highest BCUT2D eigenvalue weighted by atomic mass is 16.2. The van der Waals surface area contributed by atoms with Gasteiger partial charge in [0.05, 0.1) is 11.3 Å². The standard InChI is InChI=1S/C23H19N3O2/c1-24-17-8-10-18(11-9-17)25-22(16-5-3-2-4-6-16)21-19-12-7-15(14-27)13-20(19)26-23(21)28/h2-14,24-25H,1H3,(H,26,28)/b22-21-. The first-order valence-electron chi connectivity index (χ1n) is 8.95. The summed E-state index contributed by atoms with van der Waals surface area (Å²) in [5.41, 5.74) is 5.99. The summed E-state index contributed by atoms with van der Waals surface area (Å²) in [4.78, 5) is 23.9. The van der Waals surface area contributed by atoms with E-state index in [0.29, 0.717) is 22.5 Å². The van der Waals surface area contributed by atoms with Gasteiger partial charge in [-0.2, -0.15) is 0 Å². The van der Waals surface area contributed by atoms with E-state index in [0.717, 1.165) is 28.8 Å². The topological polar surface area (TPSA) is 70.2 Å². The monoisotopic (exact) mass is 369 g/mol. The van der Waals surface area contributed by atoms with Crippen molar-refractivity contribution in [3.05, 3.63) is 89.5 Å². The number of hydrogen-bond donors (Lipinski definition) is 3. The molecule has 0 atom stereocenters. The van der Waals surface area contributed by atoms with Gasteiger partial charge in [0, 0.05) is 35.2 Å². The molecule has 4 rings (SSSR count). The van der Waals surface area contributed by atoms with E-state index in [-0.39, 0.29) is 5.91 Å². The van der Waals surface area contributed by atoms with E-state index in [9.17, 15) is 9.59 Å². The van der Waals surface area contributed by atoms with Crippen LogP contribution in [0.3, 0.4) is 0 Å². The van der Waals surface area contributed by atoms with E-state index < -0.39 is 0 Å². The lowest BCUT2D eigenvalue weighted by Gasteiger charge is -2.15. The highest BCUT2D eigenvalue weighted by Gasteiger charge is 2.28. The van der Waals surface area contributed by atoms with E-state index in [2.05, 4.69) is 16.0 Å². The Labute approximate surface area is 163 Å². The van der Waals surface area contributed by atoms with Crippen LogP contribution in [0.15, 0.2) is 72.8 Å². The molecule has 5 nitrogen and oxygen atoms in total. The van der Waals surface area contributed by atoms with E-state index >= 15 is 0 Å². The van der Waals surface area contributed by atoms with Crippen LogP contribution in [0.2, 0.25) is 0 Å². The molecule has 1 heterocycles. The van der Waals surface area contributed by atoms with Gasteiger partial charge in [0.25, 0.3) is 5.91 Å². The maximum absolute atomic E-state index is 12.8. The summed E-state index contributed by atoms with van der Waals surface area (Å²) in [6.07, 6.45) is 0.772. The molecule has 28 heavy (non-hydrogen) atoms. The van der Waals surface area contributed by atoms with Crippen molar-refractivity contribution >= 4 is 40.5 Å². The second-order valence-electron chi connectivity index (χ2n) is 6.45. The lowest BCUT2D eigenvalue weighted by Crippen LogP contribution is -2.10. The van der Waals surface area contributed by atoms with Crippen LogP contribution in [0.1, 0.15) is 21.5 Å². The summed E-state index contributed by atoms with van der Waals surface area (Å²) in [6, 6.07) is 22.8. The predicted octanol–water partition coefficient (Wildman–Crippen LogP) is 4.47. The molecular weight excluding hydrogens is 350 g/mol. The SMILES string of the molecule is CNc1ccc(N/C(=C2\C(=O)Nc3cc(C=O)ccc32)c2ccccc2)cc1. The fraction of sp³-hybridized carbons (Fsp3) is 0.0435. The molecule has 3 aromatic carbocycles. The van der Waals surface area contributed by atoms with Gasteiger partial charge in [0.1, 0.15) is 6.29 Å². The lowest BCUT2D eigenvalue weighted by atomic mass is 9.99. The minimum atomic E-state index is -0.198. The van der Waals surface area contributed by atoms with Gasteiger partial charge in [-0.25, -0.2) is 0 Å². The van der Waals surface area contributed by atoms with Gasteiger partial charge >= 0.3 is 0 Å². The quantitative estimate of drug-likeness (QED) is 0.458. The molecule has 0 aromatic heterocycles. The Kier molecular flexibility index (Phi) is 4.64. The molecule has 5 heteroatoms. The van der Waals surface area contributed by atoms with Crippen LogP contribution in [0, 0.1) is 0 Å². The third-order valence-corrected chi connectivity index (χ3v) is 4.68. The molecule has 1 amide bonds. The summed E-state index contributed by atoms with van der Waals surface area (Å²) in [5.74, 6) is -0.198. The Balaban J connectivity index is 1.86. The molecule has 0 spiro atoms. The Morgan fingerprint density at radius 2 is 1.64 bits per heavy atom. The minimum absolute atomic E-state index is 0.198. The van der Waals surface area contributed by atoms with Crippen molar-refractivity contribution in [3.63, 3.8) is 0 Å². The highest BCUT2D eigenvalue weighted by Crippen LogP contribution is 2.37. The second-order valence-corrected chi connectivity index (χ2v) is 6.45. The largest absolute Gasteiger partial charge is 0.388 e. The minimum Gasteiger partial charge on any atom is -0.388 e. The number of nitrogens with one attached hydrogen (secondary N) is 3. The lowest BCUT2D eigenvalue weighted by molar-refractivity contribution is -0.110. The number of carbonyl (C=O) groups is 2. The summed E-state index contributed by atoms with van der Waals surface area (Å²) in [7, 11) is 1.87. The van der Waals surface area contributed by atoms with Crippen molar-refractivity contribution in [1.82, 2.24) is 0 Å². The maximum atomic E-state index is 12.8. The number of benzene rings is 3. The third kappa shape index (κ3) is 3.25. The number of aldehydes is 1. The first-order chi connectivity index (χ1) is 13.7. The summed E-state index contributed by atoms with van der Waals surface area (Å²) in [6.45, 7) is 0. The molecule has 0 radical (unpaired) electrons. The van der Waals surface area contributed by atoms with Gasteiger partial charge in [0.15, 0.2) is 0 Å². The van der Waals surface area contributed by atoms with Crippen molar-refractivity contribution in [2.45, 2.75) is 0 Å². The zero-order valence-electron chi connectivity index (χ0n) is 15.3. The maximum Gasteiger partial charge on any atom is 0.258 e. The normalized spacial score (nSPS) is 14.1. The summed E-state index contributed by atoms with van der Waals surface area (Å²) in [5, 5.41) is 9.37. The van der Waals surface area contributed by atoms with Crippen LogP contribution >= 0.6 is 0 Å². The Bertz CT molecular complexity index is 1070. The first-order valence-corrected chi connectivity index (χ1v) is 8.95. The molecule has 0 fully saturated rings. The zero-order valence-corrected chi connectivity index (χ0v) is 15.3. The predicted molar refractivity (Wildman–Crippen MR) is 113 cm³/mol. The molecule has 138 valence electrons. The van der Waals surface area contributed by atoms with Crippen LogP contribution in [-0.4, -0.2) is 19.2 Å². The van der Waals surface area contributed by atoms with Crippen molar-refractivity contribution in [1.29, 1.82) is 0 Å². The van der Waals surface area contributed by atoms with Crippen molar-refractivity contribution in [2.24, 2.45) is 0 Å². The molecule has 0 bridgehead atoms. The van der Waals surface area contributed by atoms with Gasteiger partial charge in [-0.1, -0.05) is 42.5 Å². The van der Waals surface area contributed by atoms with Crippen LogP contribution in [0.25, 0.3) is 11.3 Å². The van der Waals surface area contributed by atoms with E-state index in [1.165, 1.54) is 0 Å². The average molecular weight is 369 g/mol. The van der Waals surface area contributed by atoms with E-state index in [4.69, 9.17) is 0 Å². The van der Waals surface area contributed by atoms with Gasteiger partial charge in [-0.3, -0.25) is 9.59 Å². The van der Waals surface area contributed by atoms with Crippen molar-refractivity contribution in [2.75, 3.05) is 23.0 Å². The van der Waals surface area contributed by atoms with Crippen molar-refractivity contribution < 1.29 is 9.59 Å². The smallest absolute Gasteiger partial charge is 0.258 e. The van der Waals surface area contributed by atoms with E-state index in [1.54, 1.807) is 18.2 Å². The number of hydrogen-bond acceptors (Lipinski definition) is 4. The first kappa shape index (κ1) is 17.5. The third-order valence-electron chi connectivity index (χ3n) is 4.68. The molecule has 0 unspecified atom stereocenters. The number of fused-ring (bicyclic) bond motifs is 1. The summed E-state index contributed by atoms with van der Waals surface area (Å²) >= 11 is 0. The Morgan fingerprint density at radius 1 is 0.929 bits per heavy atom. The molecule has 0 saturated carbocycles. The van der Waals surface area contributed by atoms with Crippen LogP contribution in [0.4, 0.5) is 17.1 Å².